The second-order valence-electron chi connectivity index (χ2n) is 9.49. The monoisotopic (exact) mass is 523 g/mol. The van der Waals surface area contributed by atoms with Gasteiger partial charge in [-0.15, -0.1) is 0 Å². The summed E-state index contributed by atoms with van der Waals surface area (Å²) >= 11 is 0. The molecule has 3 aromatic heterocycles. The molecule has 0 fully saturated rings. The minimum atomic E-state index is -4.69. The summed E-state index contributed by atoms with van der Waals surface area (Å²) in [5.74, 6) is -1.58. The number of fused-ring (bicyclic) bond motifs is 2. The van der Waals surface area contributed by atoms with Gasteiger partial charge in [-0.1, -0.05) is 18.2 Å². The maximum atomic E-state index is 14.9. The van der Waals surface area contributed by atoms with Crippen molar-refractivity contribution in [3.8, 4) is 16.9 Å². The van der Waals surface area contributed by atoms with Crippen LogP contribution in [0.2, 0.25) is 0 Å². The van der Waals surface area contributed by atoms with Crippen molar-refractivity contribution in [3.05, 3.63) is 94.4 Å². The van der Waals surface area contributed by atoms with Crippen molar-refractivity contribution in [3.63, 3.8) is 0 Å². The maximum absolute atomic E-state index is 14.9. The van der Waals surface area contributed by atoms with Gasteiger partial charge in [0.1, 0.15) is 5.82 Å². The third-order valence-corrected chi connectivity index (χ3v) is 7.06. The molecule has 10 heteroatoms. The molecule has 0 saturated carbocycles. The molecule has 1 aliphatic rings. The Balaban J connectivity index is 1.54. The minimum Gasteiger partial charge on any atom is -0.359 e. The molecule has 0 unspecified atom stereocenters. The van der Waals surface area contributed by atoms with E-state index in [0.717, 1.165) is 39.3 Å². The summed E-state index contributed by atoms with van der Waals surface area (Å²) in [5, 5.41) is 5.62. The van der Waals surface area contributed by atoms with Crippen molar-refractivity contribution in [1.82, 2.24) is 19.7 Å². The molecule has 0 saturated heterocycles. The van der Waals surface area contributed by atoms with Crippen LogP contribution in [-0.2, 0) is 19.1 Å². The van der Waals surface area contributed by atoms with E-state index in [9.17, 15) is 22.0 Å². The van der Waals surface area contributed by atoms with E-state index in [1.807, 2.05) is 36.7 Å². The molecule has 0 atom stereocenters. The second kappa shape index (κ2) is 8.68. The van der Waals surface area contributed by atoms with Crippen molar-refractivity contribution >= 4 is 16.7 Å². The lowest BCUT2D eigenvalue weighted by molar-refractivity contribution is -0.138. The molecule has 0 aliphatic carbocycles. The normalized spacial score (nSPS) is 13.8. The Hall–Kier alpha value is -4.21. The highest BCUT2D eigenvalue weighted by Crippen LogP contribution is 2.39. The first-order chi connectivity index (χ1) is 18.1. The quantitative estimate of drug-likeness (QED) is 0.262. The Morgan fingerprint density at radius 2 is 1.74 bits per heavy atom. The highest BCUT2D eigenvalue weighted by atomic mass is 19.4. The van der Waals surface area contributed by atoms with Crippen LogP contribution >= 0.6 is 0 Å². The molecule has 38 heavy (non-hydrogen) atoms. The smallest absolute Gasteiger partial charge is 0.359 e. The van der Waals surface area contributed by atoms with Crippen LogP contribution in [0, 0.1) is 25.5 Å². The molecule has 5 nitrogen and oxygen atoms in total. The number of nitrogens with one attached hydrogen (secondary N) is 1. The highest BCUT2D eigenvalue weighted by Gasteiger charge is 2.34. The number of benzene rings is 2. The number of hydrogen-bond donors (Lipinski definition) is 1. The maximum Gasteiger partial charge on any atom is 0.417 e. The summed E-state index contributed by atoms with van der Waals surface area (Å²) in [4.78, 5) is 8.41. The number of aromatic amines is 1. The van der Waals surface area contributed by atoms with Crippen LogP contribution in [0.3, 0.4) is 0 Å². The summed E-state index contributed by atoms with van der Waals surface area (Å²) in [6, 6.07) is 11.3. The van der Waals surface area contributed by atoms with E-state index in [2.05, 4.69) is 9.97 Å². The van der Waals surface area contributed by atoms with Gasteiger partial charge in [-0.3, -0.25) is 0 Å². The lowest BCUT2D eigenvalue weighted by Crippen LogP contribution is -2.32. The minimum absolute atomic E-state index is 0.152. The Bertz CT molecular complexity index is 1680. The first-order valence-electron chi connectivity index (χ1n) is 12.0. The summed E-state index contributed by atoms with van der Waals surface area (Å²) < 4.78 is 70.6. The van der Waals surface area contributed by atoms with Crippen LogP contribution in [0.25, 0.3) is 27.8 Å². The fourth-order valence-corrected chi connectivity index (χ4v) is 5.28. The van der Waals surface area contributed by atoms with E-state index >= 15 is 0 Å². The van der Waals surface area contributed by atoms with E-state index in [1.165, 1.54) is 6.07 Å². The summed E-state index contributed by atoms with van der Waals surface area (Å²) in [6.45, 7) is 4.47. The number of pyridine rings is 1. The van der Waals surface area contributed by atoms with Crippen LogP contribution in [-0.4, -0.2) is 26.3 Å². The molecular formula is C28H22F5N5. The lowest BCUT2D eigenvalue weighted by Gasteiger charge is -2.28. The van der Waals surface area contributed by atoms with Gasteiger partial charge in [0.15, 0.2) is 11.6 Å². The molecule has 1 aliphatic heterocycles. The number of halogens is 5. The average molecular weight is 524 g/mol. The Kier molecular flexibility index (Phi) is 5.51. The largest absolute Gasteiger partial charge is 0.417 e. The number of nitrogens with zero attached hydrogens (tertiary/aromatic N) is 4. The topological polar surface area (TPSA) is 49.7 Å². The molecule has 0 bridgehead atoms. The number of aromatic nitrogens is 4. The van der Waals surface area contributed by atoms with Gasteiger partial charge in [0.25, 0.3) is 0 Å². The van der Waals surface area contributed by atoms with Gasteiger partial charge in [-0.2, -0.15) is 18.3 Å². The van der Waals surface area contributed by atoms with E-state index in [1.54, 1.807) is 23.2 Å². The van der Waals surface area contributed by atoms with Gasteiger partial charge >= 0.3 is 6.18 Å². The summed E-state index contributed by atoms with van der Waals surface area (Å²) in [7, 11) is 0. The molecule has 1 N–H and O–H groups in total. The van der Waals surface area contributed by atoms with Gasteiger partial charge in [0.2, 0.25) is 0 Å². The summed E-state index contributed by atoms with van der Waals surface area (Å²) in [6.07, 6.45) is -1.94. The molecule has 4 heterocycles. The van der Waals surface area contributed by atoms with Crippen molar-refractivity contribution in [2.24, 2.45) is 0 Å². The third kappa shape index (κ3) is 3.82. The molecule has 6 rings (SSSR count). The Morgan fingerprint density at radius 3 is 2.45 bits per heavy atom. The zero-order valence-electron chi connectivity index (χ0n) is 20.5. The van der Waals surface area contributed by atoms with Gasteiger partial charge in [0, 0.05) is 48.4 Å². The van der Waals surface area contributed by atoms with Crippen LogP contribution < -0.4 is 4.90 Å². The molecule has 0 radical (unpaired) electrons. The van der Waals surface area contributed by atoms with Gasteiger partial charge in [-0.05, 0) is 49.2 Å². The van der Waals surface area contributed by atoms with Crippen molar-refractivity contribution in [1.29, 1.82) is 0 Å². The molecule has 194 valence electrons. The van der Waals surface area contributed by atoms with E-state index in [0.29, 0.717) is 36.1 Å². The molecular weight excluding hydrogens is 501 g/mol. The standard InChI is InChI=1S/C28H22F5N5/c1-15-4-3-5-16(2)25(15)38-26(19-6-7-21(29)24-18(19)8-10-34-24)20-14-37(11-9-23(20)36-38)27-22(30)12-17(13-35-27)28(31,32)33/h3-8,10,12-13,34H,9,11,14H2,1-2H3. The summed E-state index contributed by atoms with van der Waals surface area (Å²) in [5.41, 5.74) is 5.12. The highest BCUT2D eigenvalue weighted by molar-refractivity contribution is 5.96. The number of rotatable bonds is 3. The van der Waals surface area contributed by atoms with Gasteiger partial charge in [0.05, 0.1) is 28.2 Å². The van der Waals surface area contributed by atoms with E-state index in [4.69, 9.17) is 5.10 Å². The van der Waals surface area contributed by atoms with Crippen LogP contribution in [0.5, 0.6) is 0 Å². The first-order valence-corrected chi connectivity index (χ1v) is 12.0. The first kappa shape index (κ1) is 24.1. The van der Waals surface area contributed by atoms with Gasteiger partial charge < -0.3 is 9.88 Å². The number of aryl methyl sites for hydroxylation is 2. The number of para-hydroxylation sites is 1. The van der Waals surface area contributed by atoms with Crippen LogP contribution in [0.4, 0.5) is 27.8 Å². The Labute approximate surface area is 214 Å². The van der Waals surface area contributed by atoms with E-state index in [-0.39, 0.29) is 12.4 Å². The number of H-pyrrole nitrogens is 1. The van der Waals surface area contributed by atoms with Crippen molar-refractivity contribution in [2.75, 3.05) is 11.4 Å². The Morgan fingerprint density at radius 1 is 0.974 bits per heavy atom. The molecule has 0 spiro atoms. The van der Waals surface area contributed by atoms with E-state index < -0.39 is 23.4 Å². The van der Waals surface area contributed by atoms with Gasteiger partial charge in [-0.25, -0.2) is 18.4 Å². The number of anilines is 1. The molecule has 2 aromatic carbocycles. The SMILES string of the molecule is Cc1cccc(C)c1-n1nc2c(c1-c1ccc(F)c3[nH]ccc13)CN(c1ncc(C(F)(F)F)cc1F)CC2. The third-order valence-electron chi connectivity index (χ3n) is 7.06. The second-order valence-corrected chi connectivity index (χ2v) is 9.49. The predicted octanol–water partition coefficient (Wildman–Crippen LogP) is 6.89. The van der Waals surface area contributed by atoms with Crippen LogP contribution in [0.15, 0.2) is 54.9 Å². The fourth-order valence-electron chi connectivity index (χ4n) is 5.28. The fraction of sp³-hybridized carbons (Fsp3) is 0.214. The zero-order valence-corrected chi connectivity index (χ0v) is 20.5. The average Bonchev–Trinajstić information content (AvgIpc) is 3.50. The van der Waals surface area contributed by atoms with Crippen molar-refractivity contribution in [2.45, 2.75) is 33.0 Å². The van der Waals surface area contributed by atoms with Crippen LogP contribution in [0.1, 0.15) is 27.9 Å². The molecule has 0 amide bonds. The predicted molar refractivity (Wildman–Crippen MR) is 134 cm³/mol. The van der Waals surface area contributed by atoms with Crippen molar-refractivity contribution < 1.29 is 22.0 Å². The number of alkyl halides is 3. The zero-order chi connectivity index (χ0) is 26.8. The molecule has 5 aromatic rings. The lowest BCUT2D eigenvalue weighted by atomic mass is 9.97. The number of hydrogen-bond acceptors (Lipinski definition) is 3.